The third kappa shape index (κ3) is 4.44. The minimum atomic E-state index is -0.452. The lowest BCUT2D eigenvalue weighted by molar-refractivity contribution is 0.184. The highest BCUT2D eigenvalue weighted by Crippen LogP contribution is 2.25. The number of isothiocyanates is 1. The third-order valence-corrected chi connectivity index (χ3v) is 4.26. The highest BCUT2D eigenvalue weighted by molar-refractivity contribution is 7.78. The van der Waals surface area contributed by atoms with E-state index in [0.29, 0.717) is 5.75 Å². The average Bonchev–Trinajstić information content (AvgIpc) is 2.61. The number of benzene rings is 2. The summed E-state index contributed by atoms with van der Waals surface area (Å²) in [6.07, 6.45) is 1.09. The fourth-order valence-corrected chi connectivity index (χ4v) is 2.84. The van der Waals surface area contributed by atoms with Gasteiger partial charge in [-0.15, -0.1) is 0 Å². The molecule has 0 saturated heterocycles. The van der Waals surface area contributed by atoms with Crippen LogP contribution in [0, 0.1) is 0 Å². The largest absolute Gasteiger partial charge is 0.497 e. The first-order chi connectivity index (χ1) is 12.2. The van der Waals surface area contributed by atoms with E-state index in [1.165, 1.54) is 0 Å². The summed E-state index contributed by atoms with van der Waals surface area (Å²) in [6.45, 7) is 0. The molecule has 2 aromatic carbocycles. The number of carbonyl (C=O) groups is 1. The van der Waals surface area contributed by atoms with Gasteiger partial charge in [0, 0.05) is 6.04 Å². The zero-order chi connectivity index (χ0) is 17.6. The topological polar surface area (TPSA) is 59.9 Å². The summed E-state index contributed by atoms with van der Waals surface area (Å²) in [5.41, 5.74) is 2.10. The van der Waals surface area contributed by atoms with Crippen LogP contribution in [-0.4, -0.2) is 30.4 Å². The van der Waals surface area contributed by atoms with E-state index in [4.69, 9.17) is 9.47 Å². The van der Waals surface area contributed by atoms with Gasteiger partial charge in [-0.3, -0.25) is 0 Å². The normalized spacial score (nSPS) is 18.4. The standard InChI is InChI=1S/C19H18N2O3S/c1-23-17-6-2-13(3-7-17)14-4-8-18(9-5-14)24-19(22)21-16-10-15(11-16)20-12-25/h2-9,15-16H,10-11H2,1H3,(H,21,22)/t15-,16+. The van der Waals surface area contributed by atoms with Crippen LogP contribution in [0.5, 0.6) is 11.5 Å². The van der Waals surface area contributed by atoms with Crippen LogP contribution in [0.25, 0.3) is 11.1 Å². The van der Waals surface area contributed by atoms with E-state index >= 15 is 0 Å². The first kappa shape index (κ1) is 17.1. The van der Waals surface area contributed by atoms with Crippen LogP contribution in [0.4, 0.5) is 4.79 Å². The van der Waals surface area contributed by atoms with Crippen molar-refractivity contribution < 1.29 is 14.3 Å². The van der Waals surface area contributed by atoms with Crippen LogP contribution in [0.3, 0.4) is 0 Å². The lowest BCUT2D eigenvalue weighted by Gasteiger charge is -2.31. The van der Waals surface area contributed by atoms with Gasteiger partial charge < -0.3 is 14.8 Å². The van der Waals surface area contributed by atoms with Crippen molar-refractivity contribution in [2.45, 2.75) is 24.9 Å². The van der Waals surface area contributed by atoms with Crippen molar-refractivity contribution in [3.05, 3.63) is 48.5 Å². The van der Waals surface area contributed by atoms with Gasteiger partial charge in [-0.2, -0.15) is 0 Å². The van der Waals surface area contributed by atoms with Crippen molar-refractivity contribution in [1.82, 2.24) is 5.32 Å². The quantitative estimate of drug-likeness (QED) is 0.649. The molecule has 25 heavy (non-hydrogen) atoms. The number of carbonyl (C=O) groups excluding carboxylic acids is 1. The molecule has 0 spiro atoms. The Balaban J connectivity index is 1.53. The van der Waals surface area contributed by atoms with Gasteiger partial charge in [-0.05, 0) is 60.5 Å². The molecule has 128 valence electrons. The molecule has 1 saturated carbocycles. The molecule has 1 aliphatic rings. The molecule has 5 nitrogen and oxygen atoms in total. The van der Waals surface area contributed by atoms with Crippen molar-refractivity contribution in [3.63, 3.8) is 0 Å². The van der Waals surface area contributed by atoms with Gasteiger partial charge in [0.05, 0.1) is 18.3 Å². The maximum atomic E-state index is 11.9. The molecule has 0 atom stereocenters. The number of rotatable bonds is 5. The van der Waals surface area contributed by atoms with E-state index in [1.54, 1.807) is 19.2 Å². The fraction of sp³-hybridized carbons (Fsp3) is 0.263. The van der Waals surface area contributed by atoms with Crippen molar-refractivity contribution in [1.29, 1.82) is 0 Å². The molecule has 0 bridgehead atoms. The summed E-state index contributed by atoms with van der Waals surface area (Å²) in [6, 6.07) is 15.4. The minimum absolute atomic E-state index is 0.0863. The number of aliphatic imine (C=N–C) groups is 1. The van der Waals surface area contributed by atoms with E-state index in [-0.39, 0.29) is 12.1 Å². The molecule has 3 rings (SSSR count). The zero-order valence-corrected chi connectivity index (χ0v) is 14.6. The molecule has 0 aromatic heterocycles. The zero-order valence-electron chi connectivity index (χ0n) is 13.8. The second-order valence-corrected chi connectivity index (χ2v) is 6.01. The highest BCUT2D eigenvalue weighted by Gasteiger charge is 2.30. The molecule has 1 N–H and O–H groups in total. The van der Waals surface area contributed by atoms with Crippen molar-refractivity contribution in [3.8, 4) is 22.6 Å². The van der Waals surface area contributed by atoms with Crippen LogP contribution in [0.15, 0.2) is 53.5 Å². The van der Waals surface area contributed by atoms with Crippen LogP contribution in [-0.2, 0) is 0 Å². The Labute approximate surface area is 151 Å². The minimum Gasteiger partial charge on any atom is -0.497 e. The molecule has 1 fully saturated rings. The van der Waals surface area contributed by atoms with Gasteiger partial charge in [-0.25, -0.2) is 9.79 Å². The molecule has 6 heteroatoms. The maximum Gasteiger partial charge on any atom is 0.412 e. The molecule has 0 heterocycles. The lowest BCUT2D eigenvalue weighted by atomic mass is 9.87. The molecule has 1 aliphatic carbocycles. The predicted octanol–water partition coefficient (Wildman–Crippen LogP) is 4.08. The Morgan fingerprint density at radius 2 is 1.64 bits per heavy atom. The Morgan fingerprint density at radius 1 is 1.08 bits per heavy atom. The molecule has 0 radical (unpaired) electrons. The summed E-state index contributed by atoms with van der Waals surface area (Å²) in [7, 11) is 1.64. The first-order valence-electron chi connectivity index (χ1n) is 7.98. The fourth-order valence-electron chi connectivity index (χ4n) is 2.69. The van der Waals surface area contributed by atoms with Gasteiger partial charge in [0.15, 0.2) is 0 Å². The SMILES string of the molecule is COc1ccc(-c2ccc(OC(=O)N[C@H]3C[C@@H](N=C=S)C3)cc2)cc1. The Kier molecular flexibility index (Phi) is 5.43. The van der Waals surface area contributed by atoms with E-state index in [2.05, 4.69) is 27.7 Å². The molecule has 0 aliphatic heterocycles. The highest BCUT2D eigenvalue weighted by atomic mass is 32.1. The van der Waals surface area contributed by atoms with Gasteiger partial charge in [0.1, 0.15) is 11.5 Å². The van der Waals surface area contributed by atoms with E-state index in [0.717, 1.165) is 29.7 Å². The van der Waals surface area contributed by atoms with Gasteiger partial charge >= 0.3 is 6.09 Å². The number of ether oxygens (including phenoxy) is 2. The maximum absolute atomic E-state index is 11.9. The number of amides is 1. The van der Waals surface area contributed by atoms with Crippen LogP contribution < -0.4 is 14.8 Å². The van der Waals surface area contributed by atoms with Gasteiger partial charge in [-0.1, -0.05) is 24.3 Å². The van der Waals surface area contributed by atoms with Crippen molar-refractivity contribution >= 4 is 23.5 Å². The van der Waals surface area contributed by atoms with Crippen molar-refractivity contribution in [2.24, 2.45) is 4.99 Å². The summed E-state index contributed by atoms with van der Waals surface area (Å²) in [5, 5.41) is 5.18. The van der Waals surface area contributed by atoms with Gasteiger partial charge in [0.2, 0.25) is 0 Å². The number of nitrogens with zero attached hydrogens (tertiary/aromatic N) is 1. The van der Waals surface area contributed by atoms with Crippen LogP contribution in [0.2, 0.25) is 0 Å². The summed E-state index contributed by atoms with van der Waals surface area (Å²) in [5.74, 6) is 1.32. The predicted molar refractivity (Wildman–Crippen MR) is 99.4 cm³/mol. The Hall–Kier alpha value is -2.69. The van der Waals surface area contributed by atoms with Gasteiger partial charge in [0.25, 0.3) is 0 Å². The third-order valence-electron chi connectivity index (χ3n) is 4.16. The van der Waals surface area contributed by atoms with Crippen LogP contribution >= 0.6 is 12.2 Å². The smallest absolute Gasteiger partial charge is 0.412 e. The molecule has 2 aromatic rings. The van der Waals surface area contributed by atoms with E-state index in [1.807, 2.05) is 36.4 Å². The van der Waals surface area contributed by atoms with Crippen molar-refractivity contribution in [2.75, 3.05) is 7.11 Å². The molecular formula is C19H18N2O3S. The number of thiocarbonyl (C=S) groups is 1. The summed E-state index contributed by atoms with van der Waals surface area (Å²) in [4.78, 5) is 15.9. The number of hydrogen-bond donors (Lipinski definition) is 1. The molecular weight excluding hydrogens is 336 g/mol. The summed E-state index contributed by atoms with van der Waals surface area (Å²) < 4.78 is 10.5. The Bertz CT molecular complexity index is 777. The number of hydrogen-bond acceptors (Lipinski definition) is 5. The lowest BCUT2D eigenvalue weighted by Crippen LogP contribution is -2.47. The molecule has 0 unspecified atom stereocenters. The van der Waals surface area contributed by atoms with Crippen LogP contribution in [0.1, 0.15) is 12.8 Å². The Morgan fingerprint density at radius 3 is 2.16 bits per heavy atom. The second kappa shape index (κ2) is 7.92. The number of methoxy groups -OCH3 is 1. The second-order valence-electron chi connectivity index (χ2n) is 5.83. The first-order valence-corrected chi connectivity index (χ1v) is 8.38. The average molecular weight is 354 g/mol. The molecule has 1 amide bonds. The van der Waals surface area contributed by atoms with E-state index in [9.17, 15) is 4.79 Å². The number of nitrogens with one attached hydrogen (secondary N) is 1. The summed E-state index contributed by atoms with van der Waals surface area (Å²) >= 11 is 4.56. The van der Waals surface area contributed by atoms with E-state index < -0.39 is 6.09 Å². The monoisotopic (exact) mass is 354 g/mol.